The van der Waals surface area contributed by atoms with Crippen molar-refractivity contribution in [2.45, 2.75) is 33.4 Å². The van der Waals surface area contributed by atoms with Gasteiger partial charge in [0.15, 0.2) is 6.61 Å². The molecule has 1 heterocycles. The molecule has 0 spiro atoms. The summed E-state index contributed by atoms with van der Waals surface area (Å²) in [5.74, 6) is -0.923. The van der Waals surface area contributed by atoms with E-state index in [1.165, 1.54) is 17.4 Å². The quantitative estimate of drug-likeness (QED) is 0.702. The van der Waals surface area contributed by atoms with Crippen molar-refractivity contribution in [1.29, 1.82) is 0 Å². The van der Waals surface area contributed by atoms with E-state index in [9.17, 15) is 14.4 Å². The van der Waals surface area contributed by atoms with Gasteiger partial charge in [-0.25, -0.2) is 14.6 Å². The Morgan fingerprint density at radius 2 is 2.04 bits per heavy atom. The first-order valence-electron chi connectivity index (χ1n) is 8.25. The lowest BCUT2D eigenvalue weighted by Crippen LogP contribution is -2.44. The topological polar surface area (TPSA) is 107 Å². The molecular formula is C18H21N3O5S. The van der Waals surface area contributed by atoms with Crippen LogP contribution in [0.4, 0.5) is 4.79 Å². The van der Waals surface area contributed by atoms with Crippen molar-refractivity contribution < 1.29 is 23.9 Å². The van der Waals surface area contributed by atoms with Crippen molar-refractivity contribution >= 4 is 29.2 Å². The summed E-state index contributed by atoms with van der Waals surface area (Å²) in [6.07, 6.45) is 0. The molecule has 2 N–H and O–H groups in total. The number of aromatic nitrogens is 1. The number of imide groups is 1. The van der Waals surface area contributed by atoms with Gasteiger partial charge in [-0.3, -0.25) is 10.1 Å². The second-order valence-corrected chi connectivity index (χ2v) is 6.99. The van der Waals surface area contributed by atoms with Crippen LogP contribution in [-0.2, 0) is 16.1 Å². The number of carbonyl (C=O) groups excluding carboxylic acids is 3. The molecule has 2 rings (SSSR count). The lowest BCUT2D eigenvalue weighted by molar-refractivity contribution is -0.123. The number of aryl methyl sites for hydroxylation is 1. The molecule has 9 heteroatoms. The van der Waals surface area contributed by atoms with Gasteiger partial charge in [-0.2, -0.15) is 0 Å². The molecule has 0 aliphatic carbocycles. The van der Waals surface area contributed by atoms with Gasteiger partial charge in [-0.05, 0) is 39.0 Å². The van der Waals surface area contributed by atoms with Gasteiger partial charge < -0.3 is 14.8 Å². The summed E-state index contributed by atoms with van der Waals surface area (Å²) < 4.78 is 10.5. The molecule has 0 unspecified atom stereocenters. The highest BCUT2D eigenvalue weighted by atomic mass is 32.1. The van der Waals surface area contributed by atoms with E-state index in [4.69, 9.17) is 9.47 Å². The largest absolute Gasteiger partial charge is 0.487 e. The van der Waals surface area contributed by atoms with Gasteiger partial charge in [0.2, 0.25) is 0 Å². The van der Waals surface area contributed by atoms with Crippen LogP contribution in [0.15, 0.2) is 29.6 Å². The predicted octanol–water partition coefficient (Wildman–Crippen LogP) is 2.42. The number of nitrogens with one attached hydrogen (secondary N) is 2. The van der Waals surface area contributed by atoms with Gasteiger partial charge in [-0.15, -0.1) is 11.3 Å². The molecule has 144 valence electrons. The van der Waals surface area contributed by atoms with E-state index >= 15 is 0 Å². The molecule has 27 heavy (non-hydrogen) atoms. The van der Waals surface area contributed by atoms with Crippen molar-refractivity contribution in [2.24, 2.45) is 0 Å². The fourth-order valence-corrected chi connectivity index (χ4v) is 2.62. The molecule has 0 saturated carbocycles. The molecule has 0 bridgehead atoms. The van der Waals surface area contributed by atoms with E-state index in [0.717, 1.165) is 10.7 Å². The third-order valence-corrected chi connectivity index (χ3v) is 3.95. The third-order valence-electron chi connectivity index (χ3n) is 3.13. The van der Waals surface area contributed by atoms with E-state index < -0.39 is 24.5 Å². The molecule has 0 aliphatic rings. The van der Waals surface area contributed by atoms with Crippen molar-refractivity contribution in [1.82, 2.24) is 15.6 Å². The zero-order chi connectivity index (χ0) is 19.8. The van der Waals surface area contributed by atoms with Crippen molar-refractivity contribution in [3.8, 4) is 5.75 Å². The molecular weight excluding hydrogens is 370 g/mol. The highest BCUT2D eigenvalue weighted by molar-refractivity contribution is 7.09. The number of ether oxygens (including phenoxy) is 2. The molecule has 8 nitrogen and oxygen atoms in total. The lowest BCUT2D eigenvalue weighted by Gasteiger charge is -2.10. The van der Waals surface area contributed by atoms with Crippen LogP contribution in [0.25, 0.3) is 0 Å². The van der Waals surface area contributed by atoms with Gasteiger partial charge in [0.1, 0.15) is 12.4 Å². The van der Waals surface area contributed by atoms with Crippen LogP contribution in [0.5, 0.6) is 5.75 Å². The first-order chi connectivity index (χ1) is 12.8. The first-order valence-corrected chi connectivity index (χ1v) is 9.13. The van der Waals surface area contributed by atoms with E-state index in [1.54, 1.807) is 32.0 Å². The monoisotopic (exact) mass is 391 g/mol. The minimum absolute atomic E-state index is 0.115. The van der Waals surface area contributed by atoms with Crippen LogP contribution in [0.2, 0.25) is 0 Å². The number of hydrogen-bond donors (Lipinski definition) is 2. The summed E-state index contributed by atoms with van der Waals surface area (Å²) in [5.41, 5.74) is 1.04. The second-order valence-electron chi connectivity index (χ2n) is 5.93. The maximum atomic E-state index is 12.1. The minimum atomic E-state index is -0.715. The normalized spacial score (nSPS) is 10.4. The fourth-order valence-electron chi connectivity index (χ4n) is 2.02. The van der Waals surface area contributed by atoms with Crippen LogP contribution >= 0.6 is 11.3 Å². The standard InChI is InChI=1S/C18H21N3O5S/c1-11(2)19-18(24)21-16(22)9-26-17(23)13-5-4-6-15(7-13)25-8-14-10-27-12(3)20-14/h4-7,10-11H,8-9H2,1-3H3,(H2,19,21,22,24). The Labute approximate surface area is 160 Å². The molecule has 0 aliphatic heterocycles. The summed E-state index contributed by atoms with van der Waals surface area (Å²) in [6, 6.07) is 5.67. The minimum Gasteiger partial charge on any atom is -0.487 e. The summed E-state index contributed by atoms with van der Waals surface area (Å²) in [5, 5.41) is 7.42. The van der Waals surface area contributed by atoms with Crippen molar-refractivity contribution in [3.05, 3.63) is 45.9 Å². The Bertz CT molecular complexity index is 819. The number of carbonyl (C=O) groups is 3. The van der Waals surface area contributed by atoms with Gasteiger partial charge in [0, 0.05) is 11.4 Å². The van der Waals surface area contributed by atoms with Gasteiger partial charge in [0.25, 0.3) is 5.91 Å². The van der Waals surface area contributed by atoms with Gasteiger partial charge >= 0.3 is 12.0 Å². The maximum Gasteiger partial charge on any atom is 0.338 e. The zero-order valence-corrected chi connectivity index (χ0v) is 16.1. The average Bonchev–Trinajstić information content (AvgIpc) is 3.02. The number of urea groups is 1. The summed E-state index contributed by atoms with van der Waals surface area (Å²) in [4.78, 5) is 39.4. The van der Waals surface area contributed by atoms with Crippen LogP contribution in [0.3, 0.4) is 0 Å². The Morgan fingerprint density at radius 3 is 2.70 bits per heavy atom. The van der Waals surface area contributed by atoms with E-state index in [0.29, 0.717) is 5.75 Å². The smallest absolute Gasteiger partial charge is 0.338 e. The SMILES string of the molecule is Cc1nc(COc2cccc(C(=O)OCC(=O)NC(=O)NC(C)C)c2)cs1. The first kappa shape index (κ1) is 20.4. The van der Waals surface area contributed by atoms with Crippen LogP contribution in [0, 0.1) is 6.92 Å². The molecule has 0 fully saturated rings. The van der Waals surface area contributed by atoms with Crippen LogP contribution in [0.1, 0.15) is 34.9 Å². The molecule has 0 atom stereocenters. The van der Waals surface area contributed by atoms with Gasteiger partial charge in [-0.1, -0.05) is 6.07 Å². The van der Waals surface area contributed by atoms with Crippen molar-refractivity contribution in [3.63, 3.8) is 0 Å². The Kier molecular flexibility index (Phi) is 7.30. The molecule has 0 saturated heterocycles. The molecule has 3 amide bonds. The number of benzene rings is 1. The highest BCUT2D eigenvalue weighted by Crippen LogP contribution is 2.17. The number of esters is 1. The summed E-state index contributed by atoms with van der Waals surface area (Å²) in [6.45, 7) is 5.15. The Morgan fingerprint density at radius 1 is 1.26 bits per heavy atom. The van der Waals surface area contributed by atoms with Gasteiger partial charge in [0.05, 0.1) is 16.3 Å². The third kappa shape index (κ3) is 7.06. The Hall–Kier alpha value is -2.94. The number of hydrogen-bond acceptors (Lipinski definition) is 7. The summed E-state index contributed by atoms with van der Waals surface area (Å²) in [7, 11) is 0. The molecule has 2 aromatic rings. The summed E-state index contributed by atoms with van der Waals surface area (Å²) >= 11 is 1.53. The van der Waals surface area contributed by atoms with E-state index in [-0.39, 0.29) is 18.2 Å². The van der Waals surface area contributed by atoms with Crippen molar-refractivity contribution in [2.75, 3.05) is 6.61 Å². The number of amides is 3. The van der Waals surface area contributed by atoms with E-state index in [2.05, 4.69) is 15.6 Å². The molecule has 1 aromatic carbocycles. The van der Waals surface area contributed by atoms with E-state index in [1.807, 2.05) is 12.3 Å². The zero-order valence-electron chi connectivity index (χ0n) is 15.3. The fraction of sp³-hybridized carbons (Fsp3) is 0.333. The number of nitrogens with zero attached hydrogens (tertiary/aromatic N) is 1. The predicted molar refractivity (Wildman–Crippen MR) is 99.7 cm³/mol. The van der Waals surface area contributed by atoms with Crippen LogP contribution < -0.4 is 15.4 Å². The number of rotatable bonds is 7. The van der Waals surface area contributed by atoms with Crippen LogP contribution in [-0.4, -0.2) is 35.5 Å². The molecule has 0 radical (unpaired) electrons. The molecule has 1 aromatic heterocycles. The lowest BCUT2D eigenvalue weighted by atomic mass is 10.2. The average molecular weight is 391 g/mol. The number of thiazole rings is 1. The highest BCUT2D eigenvalue weighted by Gasteiger charge is 2.13. The Balaban J connectivity index is 1.83. The second kappa shape index (κ2) is 9.67. The maximum absolute atomic E-state index is 12.1.